The van der Waals surface area contributed by atoms with Crippen LogP contribution in [-0.2, 0) is 10.5 Å². The Labute approximate surface area is 136 Å². The van der Waals surface area contributed by atoms with E-state index in [1.165, 1.54) is 23.9 Å². The number of carbonyl (C=O) groups is 1. The predicted molar refractivity (Wildman–Crippen MR) is 89.3 cm³/mol. The Morgan fingerprint density at radius 1 is 1.23 bits per heavy atom. The second-order valence-corrected chi connectivity index (χ2v) is 5.90. The third kappa shape index (κ3) is 5.05. The van der Waals surface area contributed by atoms with Gasteiger partial charge in [-0.15, -0.1) is 11.8 Å². The average molecular weight is 337 g/mol. The molecule has 0 aromatic heterocycles. The fourth-order valence-electron chi connectivity index (χ4n) is 1.78. The molecule has 0 radical (unpaired) electrons. The largest absolute Gasteiger partial charge is 0.325 e. The van der Waals surface area contributed by atoms with Crippen molar-refractivity contribution in [3.8, 4) is 0 Å². The van der Waals surface area contributed by atoms with Crippen molar-refractivity contribution in [2.75, 3.05) is 11.1 Å². The number of benzene rings is 2. The van der Waals surface area contributed by atoms with E-state index in [4.69, 9.17) is 11.6 Å². The van der Waals surface area contributed by atoms with E-state index in [9.17, 15) is 14.9 Å². The number of halogens is 1. The summed E-state index contributed by atoms with van der Waals surface area (Å²) in [5, 5.41) is 14.0. The molecule has 0 atom stereocenters. The van der Waals surface area contributed by atoms with Crippen LogP contribution in [0.3, 0.4) is 0 Å². The molecule has 2 rings (SSSR count). The third-order valence-corrected chi connectivity index (χ3v) is 3.97. The highest BCUT2D eigenvalue weighted by atomic mass is 35.5. The molecule has 0 aliphatic carbocycles. The molecule has 114 valence electrons. The molecule has 0 saturated carbocycles. The van der Waals surface area contributed by atoms with Crippen LogP contribution in [0.1, 0.15) is 5.56 Å². The summed E-state index contributed by atoms with van der Waals surface area (Å²) in [6.07, 6.45) is 0. The fraction of sp³-hybridized carbons (Fsp3) is 0.133. The van der Waals surface area contributed by atoms with E-state index in [0.717, 1.165) is 5.56 Å². The summed E-state index contributed by atoms with van der Waals surface area (Å²) in [6, 6.07) is 13.3. The lowest BCUT2D eigenvalue weighted by atomic mass is 10.2. The molecule has 1 amide bonds. The molecule has 0 bridgehead atoms. The first-order valence-electron chi connectivity index (χ1n) is 6.41. The molecule has 1 N–H and O–H groups in total. The molecule has 2 aromatic carbocycles. The van der Waals surface area contributed by atoms with Crippen LogP contribution >= 0.6 is 23.4 Å². The third-order valence-electron chi connectivity index (χ3n) is 2.73. The number of non-ortho nitro benzene ring substituents is 1. The molecule has 0 saturated heterocycles. The first-order chi connectivity index (χ1) is 10.5. The van der Waals surface area contributed by atoms with Crippen LogP contribution in [-0.4, -0.2) is 16.6 Å². The van der Waals surface area contributed by atoms with E-state index in [2.05, 4.69) is 5.32 Å². The van der Waals surface area contributed by atoms with Crippen LogP contribution in [0.2, 0.25) is 5.02 Å². The van der Waals surface area contributed by atoms with E-state index in [-0.39, 0.29) is 17.3 Å². The number of amides is 1. The smallest absolute Gasteiger partial charge is 0.269 e. The van der Waals surface area contributed by atoms with Gasteiger partial charge in [-0.3, -0.25) is 14.9 Å². The summed E-state index contributed by atoms with van der Waals surface area (Å²) in [5.74, 6) is 0.650. The summed E-state index contributed by atoms with van der Waals surface area (Å²) < 4.78 is 0. The molecule has 7 heteroatoms. The summed E-state index contributed by atoms with van der Waals surface area (Å²) in [5.41, 5.74) is 1.52. The zero-order valence-corrected chi connectivity index (χ0v) is 13.1. The Morgan fingerprint density at radius 3 is 2.73 bits per heavy atom. The van der Waals surface area contributed by atoms with Gasteiger partial charge in [-0.05, 0) is 23.8 Å². The summed E-state index contributed by atoms with van der Waals surface area (Å²) >= 11 is 7.23. The van der Waals surface area contributed by atoms with Crippen LogP contribution in [0.5, 0.6) is 0 Å². The van der Waals surface area contributed by atoms with E-state index >= 15 is 0 Å². The maximum Gasteiger partial charge on any atom is 0.269 e. The second-order valence-electron chi connectivity index (χ2n) is 4.48. The lowest BCUT2D eigenvalue weighted by Crippen LogP contribution is -2.14. The normalized spacial score (nSPS) is 10.2. The van der Waals surface area contributed by atoms with Crippen molar-refractivity contribution in [3.05, 3.63) is 69.2 Å². The first-order valence-corrected chi connectivity index (χ1v) is 7.94. The van der Waals surface area contributed by atoms with E-state index in [1.807, 2.05) is 0 Å². The molecule has 0 fully saturated rings. The molecule has 0 unspecified atom stereocenters. The second kappa shape index (κ2) is 7.82. The Hall–Kier alpha value is -2.05. The molecule has 0 aliphatic rings. The maximum absolute atomic E-state index is 11.8. The average Bonchev–Trinajstić information content (AvgIpc) is 2.47. The number of anilines is 1. The lowest BCUT2D eigenvalue weighted by Gasteiger charge is -2.05. The van der Waals surface area contributed by atoms with Gasteiger partial charge in [-0.1, -0.05) is 29.8 Å². The number of hydrogen-bond acceptors (Lipinski definition) is 4. The Balaban J connectivity index is 1.82. The summed E-state index contributed by atoms with van der Waals surface area (Å²) in [7, 11) is 0. The molecule has 0 spiro atoms. The van der Waals surface area contributed by atoms with Gasteiger partial charge in [0.1, 0.15) is 0 Å². The number of hydrogen-bond donors (Lipinski definition) is 1. The minimum absolute atomic E-state index is 0.0569. The van der Waals surface area contributed by atoms with Gasteiger partial charge in [0.05, 0.1) is 10.7 Å². The Bertz CT molecular complexity index is 694. The highest BCUT2D eigenvalue weighted by Gasteiger charge is 2.07. The highest BCUT2D eigenvalue weighted by molar-refractivity contribution is 7.99. The van der Waals surface area contributed by atoms with Crippen LogP contribution < -0.4 is 5.32 Å². The van der Waals surface area contributed by atoms with Crippen LogP contribution in [0.15, 0.2) is 48.5 Å². The van der Waals surface area contributed by atoms with Gasteiger partial charge in [0.2, 0.25) is 5.91 Å². The van der Waals surface area contributed by atoms with Crippen LogP contribution in [0, 0.1) is 10.1 Å². The number of nitro groups is 1. The number of rotatable bonds is 6. The Kier molecular flexibility index (Phi) is 5.80. The van der Waals surface area contributed by atoms with Crippen molar-refractivity contribution < 1.29 is 9.72 Å². The van der Waals surface area contributed by atoms with E-state index in [1.54, 1.807) is 36.4 Å². The minimum atomic E-state index is -0.431. The maximum atomic E-state index is 11.8. The zero-order chi connectivity index (χ0) is 15.9. The van der Waals surface area contributed by atoms with Crippen molar-refractivity contribution in [2.24, 2.45) is 0 Å². The zero-order valence-electron chi connectivity index (χ0n) is 11.5. The van der Waals surface area contributed by atoms with Crippen molar-refractivity contribution in [3.63, 3.8) is 0 Å². The highest BCUT2D eigenvalue weighted by Crippen LogP contribution is 2.19. The topological polar surface area (TPSA) is 72.2 Å². The standard InChI is InChI=1S/C15H13ClN2O3S/c16-12-4-2-5-13(8-12)17-15(19)10-22-9-11-3-1-6-14(7-11)18(20)21/h1-8H,9-10H2,(H,17,19). The number of nitrogens with zero attached hydrogens (tertiary/aromatic N) is 1. The molecular weight excluding hydrogens is 324 g/mol. The van der Waals surface area contributed by atoms with Gasteiger partial charge in [0.15, 0.2) is 0 Å². The molecule has 0 aliphatic heterocycles. The SMILES string of the molecule is O=C(CSCc1cccc([N+](=O)[O-])c1)Nc1cccc(Cl)c1. The lowest BCUT2D eigenvalue weighted by molar-refractivity contribution is -0.384. The number of thioether (sulfide) groups is 1. The van der Waals surface area contributed by atoms with Crippen LogP contribution in [0.4, 0.5) is 11.4 Å². The van der Waals surface area contributed by atoms with E-state index < -0.39 is 4.92 Å². The summed E-state index contributed by atoms with van der Waals surface area (Å²) in [4.78, 5) is 22.1. The van der Waals surface area contributed by atoms with Crippen molar-refractivity contribution in [2.45, 2.75) is 5.75 Å². The number of carbonyl (C=O) groups excluding carboxylic acids is 1. The minimum Gasteiger partial charge on any atom is -0.325 e. The molecule has 0 heterocycles. The van der Waals surface area contributed by atoms with Crippen LogP contribution in [0.25, 0.3) is 0 Å². The fourth-order valence-corrected chi connectivity index (χ4v) is 2.75. The van der Waals surface area contributed by atoms with Crippen molar-refractivity contribution in [1.29, 1.82) is 0 Å². The van der Waals surface area contributed by atoms with E-state index in [0.29, 0.717) is 16.5 Å². The summed E-state index contributed by atoms with van der Waals surface area (Å²) in [6.45, 7) is 0. The van der Waals surface area contributed by atoms with Gasteiger partial charge in [0, 0.05) is 28.6 Å². The molecular formula is C15H13ClN2O3S. The van der Waals surface area contributed by atoms with Gasteiger partial charge < -0.3 is 5.32 Å². The van der Waals surface area contributed by atoms with Gasteiger partial charge in [0.25, 0.3) is 5.69 Å². The monoisotopic (exact) mass is 336 g/mol. The quantitative estimate of drug-likeness (QED) is 0.636. The van der Waals surface area contributed by atoms with Gasteiger partial charge in [-0.25, -0.2) is 0 Å². The molecule has 5 nitrogen and oxygen atoms in total. The number of nitro benzene ring substituents is 1. The predicted octanol–water partition coefficient (Wildman–Crippen LogP) is 4.12. The first kappa shape index (κ1) is 16.3. The number of nitrogens with one attached hydrogen (secondary N) is 1. The molecule has 2 aromatic rings. The van der Waals surface area contributed by atoms with Crippen molar-refractivity contribution in [1.82, 2.24) is 0 Å². The Morgan fingerprint density at radius 2 is 2.00 bits per heavy atom. The van der Waals surface area contributed by atoms with Gasteiger partial charge >= 0.3 is 0 Å². The van der Waals surface area contributed by atoms with Gasteiger partial charge in [-0.2, -0.15) is 0 Å². The molecule has 22 heavy (non-hydrogen) atoms. The van der Waals surface area contributed by atoms with Crippen molar-refractivity contribution >= 4 is 40.6 Å².